The molecule has 0 spiro atoms. The predicted octanol–water partition coefficient (Wildman–Crippen LogP) is 6.18. The molecule has 350 valence electrons. The van der Waals surface area contributed by atoms with Crippen LogP contribution in [-0.2, 0) is 79.3 Å². The average Bonchev–Trinajstić information content (AvgIpc) is 3.36. The quantitative estimate of drug-likeness (QED) is 0.0271. The second-order valence-electron chi connectivity index (χ2n) is 15.7. The Hall–Kier alpha value is -6.20. The third-order valence-electron chi connectivity index (χ3n) is 10.3. The highest BCUT2D eigenvalue weighted by atomic mass is 16.5. The molecule has 0 amide bonds. The zero-order valence-corrected chi connectivity index (χ0v) is 36.7. The molecule has 8 N–H and O–H groups in total. The van der Waals surface area contributed by atoms with Gasteiger partial charge in [-0.3, -0.25) is 0 Å². The van der Waals surface area contributed by atoms with Crippen molar-refractivity contribution in [1.29, 1.82) is 0 Å². The molecule has 0 radical (unpaired) electrons. The molecule has 0 fully saturated rings. The Morgan fingerprint density at radius 2 is 0.379 bits per heavy atom. The van der Waals surface area contributed by atoms with Gasteiger partial charge in [0.05, 0.1) is 66.1 Å². The molecule has 14 nitrogen and oxygen atoms in total. The van der Waals surface area contributed by atoms with Crippen molar-refractivity contribution in [2.24, 2.45) is 0 Å². The Morgan fingerprint density at radius 3 is 0.576 bits per heavy atom. The SMILES string of the molecule is OCc1cc(CO)cc(OCc2cc(COc3cc(CO)cc(CO)c3)cc(OCCCCOc3cc(COc4cc(CO)cc(CO)c4)cc(COc4cc(CO)cc(CO)c4)c3)c2)c1. The van der Waals surface area contributed by atoms with Gasteiger partial charge in [-0.2, -0.15) is 0 Å². The number of ether oxygens (including phenoxy) is 6. The van der Waals surface area contributed by atoms with E-state index in [0.29, 0.717) is 105 Å². The van der Waals surface area contributed by atoms with Crippen LogP contribution in [0.3, 0.4) is 0 Å². The predicted molar refractivity (Wildman–Crippen MR) is 244 cm³/mol. The van der Waals surface area contributed by atoms with Crippen molar-refractivity contribution in [3.05, 3.63) is 176 Å². The molecule has 6 aromatic rings. The van der Waals surface area contributed by atoms with Gasteiger partial charge >= 0.3 is 0 Å². The van der Waals surface area contributed by atoms with Crippen molar-refractivity contribution in [1.82, 2.24) is 0 Å². The lowest BCUT2D eigenvalue weighted by atomic mass is 10.1. The highest BCUT2D eigenvalue weighted by molar-refractivity contribution is 5.40. The first kappa shape index (κ1) is 49.2. The molecule has 0 aliphatic rings. The van der Waals surface area contributed by atoms with E-state index in [2.05, 4.69) is 0 Å². The van der Waals surface area contributed by atoms with Gasteiger partial charge in [0.1, 0.15) is 60.9 Å². The van der Waals surface area contributed by atoms with Crippen molar-refractivity contribution < 1.29 is 69.3 Å². The van der Waals surface area contributed by atoms with Crippen LogP contribution in [0.5, 0.6) is 34.5 Å². The second kappa shape index (κ2) is 25.5. The molecule has 6 rings (SSSR count). The van der Waals surface area contributed by atoms with Crippen LogP contribution in [-0.4, -0.2) is 54.1 Å². The number of unbranched alkanes of at least 4 members (excludes halogenated alkanes) is 1. The maximum Gasteiger partial charge on any atom is 0.120 e. The molecular weight excluding hydrogens is 849 g/mol. The Kier molecular flexibility index (Phi) is 19.0. The molecule has 0 aliphatic carbocycles. The van der Waals surface area contributed by atoms with Crippen molar-refractivity contribution in [2.45, 2.75) is 92.1 Å². The van der Waals surface area contributed by atoms with Gasteiger partial charge in [-0.15, -0.1) is 0 Å². The number of benzene rings is 6. The van der Waals surface area contributed by atoms with Crippen LogP contribution in [0.15, 0.2) is 109 Å². The van der Waals surface area contributed by atoms with Crippen LogP contribution >= 0.6 is 0 Å². The summed E-state index contributed by atoms with van der Waals surface area (Å²) in [5.41, 5.74) is 8.13. The lowest BCUT2D eigenvalue weighted by molar-refractivity contribution is 0.260. The lowest BCUT2D eigenvalue weighted by Crippen LogP contribution is -2.06. The van der Waals surface area contributed by atoms with Crippen LogP contribution in [0.1, 0.15) is 79.6 Å². The molecule has 0 atom stereocenters. The molecule has 0 aromatic heterocycles. The van der Waals surface area contributed by atoms with Crippen molar-refractivity contribution in [3.63, 3.8) is 0 Å². The Bertz CT molecular complexity index is 2060. The van der Waals surface area contributed by atoms with Crippen LogP contribution < -0.4 is 28.4 Å². The van der Waals surface area contributed by atoms with Crippen molar-refractivity contribution in [2.75, 3.05) is 13.2 Å². The first-order valence-corrected chi connectivity index (χ1v) is 21.6. The van der Waals surface area contributed by atoms with Gasteiger partial charge < -0.3 is 69.3 Å². The summed E-state index contributed by atoms with van der Waals surface area (Å²) in [5.74, 6) is 3.19. The zero-order chi connectivity index (χ0) is 46.7. The fourth-order valence-corrected chi connectivity index (χ4v) is 7.19. The molecule has 66 heavy (non-hydrogen) atoms. The van der Waals surface area contributed by atoms with Gasteiger partial charge in [-0.05, 0) is 165 Å². The minimum absolute atomic E-state index is 0.168. The monoisotopic (exact) mass is 906 g/mol. The maximum atomic E-state index is 9.71. The number of hydrogen-bond donors (Lipinski definition) is 8. The van der Waals surface area contributed by atoms with E-state index in [0.717, 1.165) is 22.3 Å². The first-order valence-electron chi connectivity index (χ1n) is 21.6. The second-order valence-corrected chi connectivity index (χ2v) is 15.7. The maximum absolute atomic E-state index is 9.71. The van der Waals surface area contributed by atoms with E-state index in [-0.39, 0.29) is 79.3 Å². The van der Waals surface area contributed by atoms with Gasteiger partial charge in [-0.25, -0.2) is 0 Å². The van der Waals surface area contributed by atoms with E-state index in [4.69, 9.17) is 28.4 Å². The van der Waals surface area contributed by atoms with E-state index >= 15 is 0 Å². The number of hydrogen-bond acceptors (Lipinski definition) is 14. The topological polar surface area (TPSA) is 217 Å². The van der Waals surface area contributed by atoms with E-state index in [1.807, 2.05) is 36.4 Å². The minimum Gasteiger partial charge on any atom is -0.494 e. The number of rotatable bonds is 27. The third-order valence-corrected chi connectivity index (χ3v) is 10.3. The Morgan fingerprint density at radius 1 is 0.212 bits per heavy atom. The van der Waals surface area contributed by atoms with Gasteiger partial charge in [0.25, 0.3) is 0 Å². The van der Waals surface area contributed by atoms with Gasteiger partial charge in [0.15, 0.2) is 0 Å². The summed E-state index contributed by atoms with van der Waals surface area (Å²) < 4.78 is 36.9. The standard InChI is InChI=1S/C52H58O14/c53-23-35-5-36(24-54)12-49(11-35)63-31-43-9-44(32-64-50-13-37(25-55)6-38(14-50)26-56)20-47(19-43)61-3-1-2-4-62-48-21-45(33-65-51-15-39(27-57)7-40(16-51)28-58)10-46(22-48)34-66-52-17-41(29-59)8-42(18-52)30-60/h5-22,53-60H,1-4,23-34H2. The summed E-state index contributed by atoms with van der Waals surface area (Å²) in [5, 5.41) is 77.6. The third kappa shape index (κ3) is 15.2. The average molecular weight is 907 g/mol. The summed E-state index contributed by atoms with van der Waals surface area (Å²) in [6.45, 7) is -0.145. The molecule has 0 aliphatic heterocycles. The zero-order valence-electron chi connectivity index (χ0n) is 36.7. The van der Waals surface area contributed by atoms with Crippen LogP contribution in [0.4, 0.5) is 0 Å². The number of aliphatic hydroxyl groups is 8. The highest BCUT2D eigenvalue weighted by Gasteiger charge is 2.11. The smallest absolute Gasteiger partial charge is 0.120 e. The van der Waals surface area contributed by atoms with E-state index < -0.39 is 0 Å². The van der Waals surface area contributed by atoms with Gasteiger partial charge in [0.2, 0.25) is 0 Å². The molecule has 0 heterocycles. The van der Waals surface area contributed by atoms with Crippen LogP contribution in [0.2, 0.25) is 0 Å². The van der Waals surface area contributed by atoms with Crippen molar-refractivity contribution >= 4 is 0 Å². The van der Waals surface area contributed by atoms with E-state index in [1.165, 1.54) is 0 Å². The summed E-state index contributed by atoms with van der Waals surface area (Å²) in [6.07, 6.45) is 1.31. The van der Waals surface area contributed by atoms with Crippen LogP contribution in [0.25, 0.3) is 0 Å². The fourth-order valence-electron chi connectivity index (χ4n) is 7.19. The Balaban J connectivity index is 1.11. The molecule has 6 aromatic carbocycles. The Labute approximate surface area is 384 Å². The highest BCUT2D eigenvalue weighted by Crippen LogP contribution is 2.27. The molecule has 0 bridgehead atoms. The van der Waals surface area contributed by atoms with Gasteiger partial charge in [-0.1, -0.05) is 24.3 Å². The lowest BCUT2D eigenvalue weighted by Gasteiger charge is -2.15. The van der Waals surface area contributed by atoms with Crippen LogP contribution in [0, 0.1) is 0 Å². The summed E-state index contributed by atoms with van der Waals surface area (Å²) in [7, 11) is 0. The normalized spacial score (nSPS) is 11.1. The molecule has 14 heteroatoms. The summed E-state index contributed by atoms with van der Waals surface area (Å²) in [4.78, 5) is 0. The summed E-state index contributed by atoms with van der Waals surface area (Å²) in [6, 6.07) is 32.0. The first-order chi connectivity index (χ1) is 32.2. The fraction of sp³-hybridized carbons (Fsp3) is 0.308. The van der Waals surface area contributed by atoms with Gasteiger partial charge in [0, 0.05) is 0 Å². The van der Waals surface area contributed by atoms with E-state index in [1.54, 1.807) is 72.8 Å². The molecule has 0 saturated carbocycles. The number of aliphatic hydroxyl groups excluding tert-OH is 8. The van der Waals surface area contributed by atoms with E-state index in [9.17, 15) is 40.9 Å². The minimum atomic E-state index is -0.197. The molecular formula is C52H58O14. The summed E-state index contributed by atoms with van der Waals surface area (Å²) >= 11 is 0. The molecule has 0 saturated heterocycles. The molecule has 0 unspecified atom stereocenters. The largest absolute Gasteiger partial charge is 0.494 e. The van der Waals surface area contributed by atoms with Crippen molar-refractivity contribution in [3.8, 4) is 34.5 Å².